The zero-order chi connectivity index (χ0) is 19.4. The van der Waals surface area contributed by atoms with Gasteiger partial charge < -0.3 is 4.90 Å². The number of nitrogens with zero attached hydrogens (tertiary/aromatic N) is 4. The van der Waals surface area contributed by atoms with Crippen molar-refractivity contribution in [1.82, 2.24) is 18.6 Å². The lowest BCUT2D eigenvalue weighted by Crippen LogP contribution is -2.56. The lowest BCUT2D eigenvalue weighted by atomic mass is 9.92. The first-order valence-electron chi connectivity index (χ1n) is 8.74. The van der Waals surface area contributed by atoms with Crippen molar-refractivity contribution in [3.05, 3.63) is 56.8 Å². The first kappa shape index (κ1) is 19.7. The van der Waals surface area contributed by atoms with Crippen molar-refractivity contribution in [3.8, 4) is 0 Å². The molecule has 1 fully saturated rings. The molecule has 8 heteroatoms. The molecule has 2 atom stereocenters. The Kier molecular flexibility index (Phi) is 6.18. The number of amides is 1. The fourth-order valence-corrected chi connectivity index (χ4v) is 3.49. The number of likely N-dealkylation sites (tertiary alicyclic amines) is 1. The number of aromatic nitrogens is 3. The third-order valence-corrected chi connectivity index (χ3v) is 4.52. The molecule has 1 amide bonds. The molecule has 1 aromatic heterocycles. The molecule has 0 bridgehead atoms. The third kappa shape index (κ3) is 3.95. The first-order valence-corrected chi connectivity index (χ1v) is 8.74. The zero-order valence-corrected chi connectivity index (χ0v) is 15.4. The van der Waals surface area contributed by atoms with Crippen molar-refractivity contribution >= 4 is 5.91 Å². The highest BCUT2D eigenvalue weighted by Gasteiger charge is 2.26. The number of hydrogen-bond donors (Lipinski definition) is 0. The van der Waals surface area contributed by atoms with Crippen LogP contribution in [0.4, 0.5) is 0 Å². The molecule has 8 nitrogen and oxygen atoms in total. The molecule has 0 aliphatic carbocycles. The van der Waals surface area contributed by atoms with Gasteiger partial charge in [0.05, 0.1) is 13.1 Å². The molecule has 1 aliphatic rings. The summed E-state index contributed by atoms with van der Waals surface area (Å²) in [4.78, 5) is 51.8. The molecule has 1 saturated heterocycles. The lowest BCUT2D eigenvalue weighted by molar-refractivity contribution is -0.134. The van der Waals surface area contributed by atoms with Crippen LogP contribution in [0.15, 0.2) is 39.7 Å². The minimum atomic E-state index is -0.799. The summed E-state index contributed by atoms with van der Waals surface area (Å²) in [6, 6.07) is 0. The SMILES string of the molecule is C=CCn1c(=O)n(CC=C)c(=O)n(CC(=O)N2CC(C)CC(C)C2)c1=O. The highest BCUT2D eigenvalue weighted by molar-refractivity contribution is 5.76. The zero-order valence-electron chi connectivity index (χ0n) is 15.4. The van der Waals surface area contributed by atoms with Gasteiger partial charge in [-0.1, -0.05) is 26.0 Å². The van der Waals surface area contributed by atoms with E-state index in [1.807, 2.05) is 0 Å². The maximum absolute atomic E-state index is 12.7. The van der Waals surface area contributed by atoms with Crippen molar-refractivity contribution in [3.63, 3.8) is 0 Å². The van der Waals surface area contributed by atoms with Crippen molar-refractivity contribution in [1.29, 1.82) is 0 Å². The van der Waals surface area contributed by atoms with E-state index in [2.05, 4.69) is 27.0 Å². The van der Waals surface area contributed by atoms with Crippen LogP contribution >= 0.6 is 0 Å². The second kappa shape index (κ2) is 8.16. The Morgan fingerprint density at radius 1 is 0.923 bits per heavy atom. The van der Waals surface area contributed by atoms with Gasteiger partial charge in [-0.05, 0) is 18.3 Å². The minimum absolute atomic E-state index is 0.0406. The van der Waals surface area contributed by atoms with E-state index in [1.54, 1.807) is 4.90 Å². The van der Waals surface area contributed by atoms with Crippen molar-refractivity contribution in [2.45, 2.75) is 39.9 Å². The third-order valence-electron chi connectivity index (χ3n) is 4.52. The van der Waals surface area contributed by atoms with Gasteiger partial charge in [-0.2, -0.15) is 0 Å². The van der Waals surface area contributed by atoms with Gasteiger partial charge in [0.25, 0.3) is 0 Å². The fraction of sp³-hybridized carbons (Fsp3) is 0.556. The average molecular weight is 362 g/mol. The molecule has 2 rings (SSSR count). The summed E-state index contributed by atoms with van der Waals surface area (Å²) in [7, 11) is 0. The monoisotopic (exact) mass is 362 g/mol. The number of rotatable bonds is 6. The molecule has 0 aromatic carbocycles. The van der Waals surface area contributed by atoms with E-state index >= 15 is 0 Å². The number of carbonyl (C=O) groups excluding carboxylic acids is 1. The predicted molar refractivity (Wildman–Crippen MR) is 99.1 cm³/mol. The molecule has 1 aromatic rings. The van der Waals surface area contributed by atoms with Gasteiger partial charge in [0.15, 0.2) is 0 Å². The summed E-state index contributed by atoms with van der Waals surface area (Å²) < 4.78 is 2.61. The minimum Gasteiger partial charge on any atom is -0.341 e. The Labute approximate surface area is 151 Å². The van der Waals surface area contributed by atoms with E-state index in [0.717, 1.165) is 20.1 Å². The Bertz CT molecular complexity index is 818. The van der Waals surface area contributed by atoms with E-state index in [-0.39, 0.29) is 25.5 Å². The molecule has 0 radical (unpaired) electrons. The molecule has 0 N–H and O–H groups in total. The van der Waals surface area contributed by atoms with Crippen LogP contribution in [0.2, 0.25) is 0 Å². The Balaban J connectivity index is 2.45. The van der Waals surface area contributed by atoms with Crippen LogP contribution in [0.1, 0.15) is 20.3 Å². The summed E-state index contributed by atoms with van der Waals surface area (Å²) in [5.74, 6) is 0.440. The summed E-state index contributed by atoms with van der Waals surface area (Å²) in [5, 5.41) is 0. The number of carbonyl (C=O) groups is 1. The van der Waals surface area contributed by atoms with Crippen molar-refractivity contribution < 1.29 is 4.79 Å². The van der Waals surface area contributed by atoms with Gasteiger partial charge >= 0.3 is 17.1 Å². The largest absolute Gasteiger partial charge is 0.341 e. The Hall–Kier alpha value is -2.64. The number of piperidine rings is 1. The molecule has 2 unspecified atom stereocenters. The standard InChI is InChI=1S/C18H26N4O4/c1-5-7-20-16(24)21(8-6-2)18(26)22(17(20)25)12-15(23)19-10-13(3)9-14(4)11-19/h5-6,13-14H,1-2,7-12H2,3-4H3. The van der Waals surface area contributed by atoms with Crippen LogP contribution in [-0.2, 0) is 24.4 Å². The molecule has 2 heterocycles. The summed E-state index contributed by atoms with van der Waals surface area (Å²) in [6.45, 7) is 11.9. The van der Waals surface area contributed by atoms with E-state index in [0.29, 0.717) is 24.9 Å². The molecule has 1 aliphatic heterocycles. The van der Waals surface area contributed by atoms with Crippen LogP contribution in [0.3, 0.4) is 0 Å². The number of hydrogen-bond acceptors (Lipinski definition) is 4. The smallest absolute Gasteiger partial charge is 0.337 e. The summed E-state index contributed by atoms with van der Waals surface area (Å²) >= 11 is 0. The Morgan fingerprint density at radius 3 is 1.77 bits per heavy atom. The highest BCUT2D eigenvalue weighted by Crippen LogP contribution is 2.20. The van der Waals surface area contributed by atoms with Gasteiger partial charge in [-0.25, -0.2) is 28.1 Å². The molecule has 142 valence electrons. The van der Waals surface area contributed by atoms with E-state index < -0.39 is 17.1 Å². The topological polar surface area (TPSA) is 86.3 Å². The van der Waals surface area contributed by atoms with Gasteiger partial charge in [-0.15, -0.1) is 13.2 Å². The van der Waals surface area contributed by atoms with Gasteiger partial charge in [0.2, 0.25) is 5.91 Å². The Morgan fingerprint density at radius 2 is 1.35 bits per heavy atom. The van der Waals surface area contributed by atoms with Crippen molar-refractivity contribution in [2.24, 2.45) is 11.8 Å². The number of allylic oxidation sites excluding steroid dienone is 2. The molecular formula is C18H26N4O4. The second-order valence-electron chi connectivity index (χ2n) is 6.98. The second-order valence-corrected chi connectivity index (χ2v) is 6.98. The molecular weight excluding hydrogens is 336 g/mol. The van der Waals surface area contributed by atoms with Crippen LogP contribution in [0.25, 0.3) is 0 Å². The predicted octanol–water partition coefficient (Wildman–Crippen LogP) is 0.0482. The molecule has 26 heavy (non-hydrogen) atoms. The molecule has 0 spiro atoms. The van der Waals surface area contributed by atoms with Gasteiger partial charge in [0.1, 0.15) is 6.54 Å². The van der Waals surface area contributed by atoms with Crippen LogP contribution in [-0.4, -0.2) is 37.6 Å². The van der Waals surface area contributed by atoms with E-state index in [9.17, 15) is 19.2 Å². The first-order chi connectivity index (χ1) is 12.3. The van der Waals surface area contributed by atoms with E-state index in [1.165, 1.54) is 12.2 Å². The lowest BCUT2D eigenvalue weighted by Gasteiger charge is -2.35. The quantitative estimate of drug-likeness (QED) is 0.669. The molecule has 0 saturated carbocycles. The van der Waals surface area contributed by atoms with Crippen LogP contribution in [0.5, 0.6) is 0 Å². The average Bonchev–Trinajstić information content (AvgIpc) is 2.58. The maximum Gasteiger partial charge on any atom is 0.337 e. The van der Waals surface area contributed by atoms with Gasteiger partial charge in [0, 0.05) is 13.1 Å². The van der Waals surface area contributed by atoms with Gasteiger partial charge in [-0.3, -0.25) is 4.79 Å². The van der Waals surface area contributed by atoms with Crippen molar-refractivity contribution in [2.75, 3.05) is 13.1 Å². The summed E-state index contributed by atoms with van der Waals surface area (Å²) in [6.07, 6.45) is 3.83. The van der Waals surface area contributed by atoms with E-state index in [4.69, 9.17) is 0 Å². The summed E-state index contributed by atoms with van der Waals surface area (Å²) in [5.41, 5.74) is -2.33. The van der Waals surface area contributed by atoms with Crippen LogP contribution in [0, 0.1) is 11.8 Å². The fourth-order valence-electron chi connectivity index (χ4n) is 3.49. The van der Waals surface area contributed by atoms with Crippen LogP contribution < -0.4 is 17.1 Å². The highest BCUT2D eigenvalue weighted by atomic mass is 16.2. The normalized spacial score (nSPS) is 20.0. The maximum atomic E-state index is 12.7.